The molecule has 0 aliphatic carbocycles. The molecule has 0 bridgehead atoms. The van der Waals surface area contributed by atoms with Crippen molar-refractivity contribution in [1.82, 2.24) is 9.78 Å². The van der Waals surface area contributed by atoms with Gasteiger partial charge < -0.3 is 5.32 Å². The summed E-state index contributed by atoms with van der Waals surface area (Å²) >= 11 is 5.99. The van der Waals surface area contributed by atoms with Gasteiger partial charge in [-0.1, -0.05) is 17.7 Å². The number of amides is 1. The van der Waals surface area contributed by atoms with Crippen molar-refractivity contribution in [2.75, 3.05) is 11.6 Å². The summed E-state index contributed by atoms with van der Waals surface area (Å²) < 4.78 is 36.5. The van der Waals surface area contributed by atoms with Crippen LogP contribution in [0.1, 0.15) is 16.1 Å². The van der Waals surface area contributed by atoms with E-state index in [9.17, 15) is 17.6 Å². The van der Waals surface area contributed by atoms with Crippen LogP contribution < -0.4 is 5.32 Å². The average molecular weight is 346 g/mol. The van der Waals surface area contributed by atoms with E-state index in [0.717, 1.165) is 17.9 Å². The van der Waals surface area contributed by atoms with E-state index in [-0.39, 0.29) is 5.69 Å². The van der Waals surface area contributed by atoms with Crippen LogP contribution in [0.3, 0.4) is 0 Å². The van der Waals surface area contributed by atoms with Crippen LogP contribution in [0.2, 0.25) is 5.02 Å². The van der Waals surface area contributed by atoms with E-state index in [1.54, 1.807) is 18.2 Å². The highest BCUT2D eigenvalue weighted by Crippen LogP contribution is 2.23. The van der Waals surface area contributed by atoms with Gasteiger partial charge in [-0.15, -0.1) is 0 Å². The van der Waals surface area contributed by atoms with Gasteiger partial charge in [0.05, 0.1) is 10.7 Å². The van der Waals surface area contributed by atoms with Crippen LogP contribution in [0.5, 0.6) is 0 Å². The van der Waals surface area contributed by atoms with Gasteiger partial charge in [0, 0.05) is 12.3 Å². The molecular formula is C13H13ClFN3O3S. The second-order valence-corrected chi connectivity index (χ2v) is 7.36. The number of carbonyl (C=O) groups is 1. The monoisotopic (exact) mass is 345 g/mol. The lowest BCUT2D eigenvalue weighted by atomic mass is 10.2. The van der Waals surface area contributed by atoms with Gasteiger partial charge in [0.2, 0.25) is 5.95 Å². The average Bonchev–Trinajstić information content (AvgIpc) is 2.72. The van der Waals surface area contributed by atoms with Crippen molar-refractivity contribution in [2.45, 2.75) is 12.8 Å². The zero-order valence-corrected chi connectivity index (χ0v) is 13.4. The van der Waals surface area contributed by atoms with E-state index < -0.39 is 27.6 Å². The van der Waals surface area contributed by atoms with E-state index in [2.05, 4.69) is 10.4 Å². The largest absolute Gasteiger partial charge is 0.319 e. The molecular weight excluding hydrogens is 333 g/mol. The van der Waals surface area contributed by atoms with E-state index in [4.69, 9.17) is 11.6 Å². The molecule has 0 atom stereocenters. The fourth-order valence-corrected chi connectivity index (χ4v) is 2.63. The number of anilines is 1. The Hall–Kier alpha value is -1.93. The minimum absolute atomic E-state index is 0.238. The van der Waals surface area contributed by atoms with Crippen LogP contribution in [0.15, 0.2) is 24.3 Å². The molecule has 1 aromatic carbocycles. The number of carbonyl (C=O) groups excluding carboxylic acids is 1. The van der Waals surface area contributed by atoms with Crippen molar-refractivity contribution in [3.63, 3.8) is 0 Å². The van der Waals surface area contributed by atoms with Crippen LogP contribution in [-0.4, -0.2) is 30.4 Å². The molecule has 0 fully saturated rings. The van der Waals surface area contributed by atoms with Gasteiger partial charge in [0.1, 0.15) is 5.88 Å². The third kappa shape index (κ3) is 4.05. The molecule has 0 unspecified atom stereocenters. The Morgan fingerprint density at radius 3 is 2.68 bits per heavy atom. The maximum atomic E-state index is 13.6. The molecule has 6 nitrogen and oxygen atoms in total. The summed E-state index contributed by atoms with van der Waals surface area (Å²) in [6, 6.07) is 5.90. The molecule has 0 radical (unpaired) electrons. The first-order valence-electron chi connectivity index (χ1n) is 6.14. The summed E-state index contributed by atoms with van der Waals surface area (Å²) in [6.45, 7) is 1.85. The minimum atomic E-state index is -3.47. The summed E-state index contributed by atoms with van der Waals surface area (Å²) in [5.74, 6) is -2.24. The third-order valence-electron chi connectivity index (χ3n) is 2.69. The normalized spacial score (nSPS) is 11.5. The van der Waals surface area contributed by atoms with Gasteiger partial charge in [-0.3, -0.25) is 4.79 Å². The lowest BCUT2D eigenvalue weighted by Crippen LogP contribution is -2.15. The number of aromatic nitrogens is 2. The van der Waals surface area contributed by atoms with E-state index >= 15 is 0 Å². The lowest BCUT2D eigenvalue weighted by Gasteiger charge is -2.06. The Balaban J connectivity index is 2.21. The number of benzene rings is 1. The summed E-state index contributed by atoms with van der Waals surface area (Å²) in [7, 11) is -3.47. The van der Waals surface area contributed by atoms with Crippen LogP contribution in [-0.2, 0) is 15.7 Å². The highest BCUT2D eigenvalue weighted by molar-refractivity contribution is 7.89. The van der Waals surface area contributed by atoms with E-state index in [1.165, 1.54) is 0 Å². The first-order valence-corrected chi connectivity index (χ1v) is 8.58. The molecule has 0 spiro atoms. The van der Waals surface area contributed by atoms with Crippen LogP contribution in [0.25, 0.3) is 0 Å². The standard InChI is InChI=1S/C13H13ClFN3O3S/c1-8-3-4-10(9(14)5-8)16-13(19)11-6-12(15)18(17-11)7-22(2,20)21/h3-6H,7H2,1-2H3,(H,16,19). The molecule has 0 aliphatic heterocycles. The van der Waals surface area contributed by atoms with Crippen LogP contribution in [0, 0.1) is 12.9 Å². The smallest absolute Gasteiger partial charge is 0.276 e. The highest BCUT2D eigenvalue weighted by atomic mass is 35.5. The fourth-order valence-electron chi connectivity index (χ4n) is 1.73. The number of hydrogen-bond acceptors (Lipinski definition) is 4. The minimum Gasteiger partial charge on any atom is -0.319 e. The van der Waals surface area contributed by atoms with Gasteiger partial charge >= 0.3 is 0 Å². The summed E-state index contributed by atoms with van der Waals surface area (Å²) in [6.07, 6.45) is 0.944. The Labute approximate surface area is 131 Å². The van der Waals surface area contributed by atoms with Gasteiger partial charge in [-0.05, 0) is 24.6 Å². The molecule has 22 heavy (non-hydrogen) atoms. The number of hydrogen-bond donors (Lipinski definition) is 1. The van der Waals surface area contributed by atoms with Crippen molar-refractivity contribution in [1.29, 1.82) is 0 Å². The fraction of sp³-hybridized carbons (Fsp3) is 0.231. The molecule has 118 valence electrons. The number of nitrogens with one attached hydrogen (secondary N) is 1. The molecule has 1 aromatic heterocycles. The number of rotatable bonds is 4. The molecule has 0 saturated heterocycles. The van der Waals surface area contributed by atoms with Gasteiger partial charge in [0.15, 0.2) is 15.5 Å². The van der Waals surface area contributed by atoms with E-state index in [0.29, 0.717) is 15.4 Å². The molecule has 2 aromatic rings. The summed E-state index contributed by atoms with van der Waals surface area (Å²) in [5, 5.41) is 6.48. The van der Waals surface area contributed by atoms with Crippen molar-refractivity contribution < 1.29 is 17.6 Å². The second-order valence-electron chi connectivity index (χ2n) is 4.84. The Morgan fingerprint density at radius 2 is 2.09 bits per heavy atom. The molecule has 1 amide bonds. The first-order chi connectivity index (χ1) is 10.2. The van der Waals surface area contributed by atoms with Crippen molar-refractivity contribution in [3.05, 3.63) is 46.5 Å². The lowest BCUT2D eigenvalue weighted by molar-refractivity contribution is 0.102. The maximum Gasteiger partial charge on any atom is 0.276 e. The van der Waals surface area contributed by atoms with Gasteiger partial charge in [-0.2, -0.15) is 9.49 Å². The molecule has 9 heteroatoms. The Bertz CT molecular complexity index is 833. The molecule has 1 N–H and O–H groups in total. The Morgan fingerprint density at radius 1 is 1.41 bits per heavy atom. The van der Waals surface area contributed by atoms with Crippen LogP contribution >= 0.6 is 11.6 Å². The van der Waals surface area contributed by atoms with Crippen molar-refractivity contribution in [3.8, 4) is 0 Å². The molecule has 2 rings (SSSR count). The highest BCUT2D eigenvalue weighted by Gasteiger charge is 2.17. The number of halogens is 2. The van der Waals surface area contributed by atoms with Crippen molar-refractivity contribution >= 4 is 33.0 Å². The molecule has 1 heterocycles. The molecule has 0 saturated carbocycles. The zero-order valence-electron chi connectivity index (χ0n) is 11.8. The van der Waals surface area contributed by atoms with E-state index in [1.807, 2.05) is 6.92 Å². The zero-order chi connectivity index (χ0) is 16.5. The van der Waals surface area contributed by atoms with Crippen molar-refractivity contribution in [2.24, 2.45) is 0 Å². The predicted octanol–water partition coefficient (Wildman–Crippen LogP) is 2.24. The second kappa shape index (κ2) is 6.05. The quantitative estimate of drug-likeness (QED) is 0.921. The summed E-state index contributed by atoms with van der Waals surface area (Å²) in [5.41, 5.74) is 1.04. The third-order valence-corrected chi connectivity index (χ3v) is 3.72. The number of nitrogens with zero attached hydrogens (tertiary/aromatic N) is 2. The predicted molar refractivity (Wildman–Crippen MR) is 81.2 cm³/mol. The van der Waals surface area contributed by atoms with Crippen LogP contribution in [0.4, 0.5) is 10.1 Å². The van der Waals surface area contributed by atoms with Gasteiger partial charge in [0.25, 0.3) is 5.91 Å². The number of aryl methyl sites for hydroxylation is 1. The number of sulfone groups is 1. The topological polar surface area (TPSA) is 81.1 Å². The maximum absolute atomic E-state index is 13.6. The first kappa shape index (κ1) is 16.4. The SMILES string of the molecule is Cc1ccc(NC(=O)c2cc(F)n(CS(C)(=O)=O)n2)c(Cl)c1. The molecule has 0 aliphatic rings. The Kier molecular flexibility index (Phi) is 4.52. The van der Waals surface area contributed by atoms with Gasteiger partial charge in [-0.25, -0.2) is 13.1 Å². The summed E-state index contributed by atoms with van der Waals surface area (Å²) in [4.78, 5) is 12.0.